The molecule has 2 aromatic carbocycles. The van der Waals surface area contributed by atoms with Gasteiger partial charge in [0.25, 0.3) is 5.91 Å². The molecule has 0 radical (unpaired) electrons. The maximum atomic E-state index is 12.4. The summed E-state index contributed by atoms with van der Waals surface area (Å²) in [6.45, 7) is 4.14. The van der Waals surface area contributed by atoms with Crippen LogP contribution in [0.25, 0.3) is 0 Å². The summed E-state index contributed by atoms with van der Waals surface area (Å²) in [6.07, 6.45) is 2.35. The second kappa shape index (κ2) is 13.1. The first-order chi connectivity index (χ1) is 18.7. The zero-order valence-corrected chi connectivity index (χ0v) is 23.4. The third-order valence-corrected chi connectivity index (χ3v) is 7.56. The number of nitrogens with one attached hydrogen (secondary N) is 1. The topological polar surface area (TPSA) is 109 Å². The van der Waals surface area contributed by atoms with Crippen molar-refractivity contribution in [3.63, 3.8) is 0 Å². The summed E-state index contributed by atoms with van der Waals surface area (Å²) in [6, 6.07) is 16.6. The number of halogens is 2. The lowest BCUT2D eigenvalue weighted by molar-refractivity contribution is 0.0101. The second-order valence-electron chi connectivity index (χ2n) is 10.0. The zero-order valence-electron chi connectivity index (χ0n) is 21.9. The predicted octanol–water partition coefficient (Wildman–Crippen LogP) is 3.24. The lowest BCUT2D eigenvalue weighted by atomic mass is 9.95. The molecular formula is C29H34Cl2N4O4. The molecule has 1 aliphatic rings. The minimum Gasteiger partial charge on any atom is -0.395 e. The normalized spacial score (nSPS) is 17.6. The number of aliphatic hydroxyl groups is 3. The summed E-state index contributed by atoms with van der Waals surface area (Å²) in [5.41, 5.74) is 2.51. The first-order valence-electron chi connectivity index (χ1n) is 12.9. The Balaban J connectivity index is 1.55. The highest BCUT2D eigenvalue weighted by molar-refractivity contribution is 6.33. The fourth-order valence-electron chi connectivity index (χ4n) is 4.96. The molecule has 1 aliphatic heterocycles. The molecule has 4 N–H and O–H groups in total. The average Bonchev–Trinajstić information content (AvgIpc) is 2.93. The van der Waals surface area contributed by atoms with Gasteiger partial charge in [0, 0.05) is 61.1 Å². The van der Waals surface area contributed by atoms with Crippen LogP contribution in [0.5, 0.6) is 0 Å². The van der Waals surface area contributed by atoms with E-state index in [9.17, 15) is 15.0 Å². The molecule has 1 fully saturated rings. The van der Waals surface area contributed by atoms with Crippen molar-refractivity contribution < 1.29 is 20.1 Å². The Morgan fingerprint density at radius 3 is 2.51 bits per heavy atom. The van der Waals surface area contributed by atoms with Crippen LogP contribution in [0.15, 0.2) is 60.8 Å². The van der Waals surface area contributed by atoms with Crippen LogP contribution >= 0.6 is 23.2 Å². The van der Waals surface area contributed by atoms with Gasteiger partial charge in [-0.25, -0.2) is 0 Å². The molecule has 1 saturated heterocycles. The van der Waals surface area contributed by atoms with Crippen LogP contribution in [0.1, 0.15) is 34.1 Å². The Morgan fingerprint density at radius 2 is 1.87 bits per heavy atom. The van der Waals surface area contributed by atoms with Gasteiger partial charge in [-0.15, -0.1) is 0 Å². The summed E-state index contributed by atoms with van der Waals surface area (Å²) in [5.74, 6) is -0.288. The Bertz CT molecular complexity index is 1260. The van der Waals surface area contributed by atoms with Gasteiger partial charge in [-0.05, 0) is 55.3 Å². The molecule has 2 heterocycles. The number of amides is 1. The summed E-state index contributed by atoms with van der Waals surface area (Å²) in [7, 11) is 0. The first-order valence-corrected chi connectivity index (χ1v) is 13.7. The Hall–Kier alpha value is -2.72. The molecule has 0 saturated carbocycles. The SMILES string of the molecule is C[C@@](O)(CN1CCN(c2ccc(C(=O)NCCO)cc2Cl)C(Cc2ccc(Cl)cc2)C1)c1ccc(CO)nc1. The van der Waals surface area contributed by atoms with Crippen LogP contribution in [0.2, 0.25) is 10.0 Å². The van der Waals surface area contributed by atoms with Crippen molar-refractivity contribution in [3.05, 3.63) is 93.2 Å². The van der Waals surface area contributed by atoms with Crippen molar-refractivity contribution in [1.29, 1.82) is 0 Å². The number of carbonyl (C=O) groups excluding carboxylic acids is 1. The van der Waals surface area contributed by atoms with Crippen LogP contribution in [-0.2, 0) is 18.6 Å². The molecule has 1 aromatic heterocycles. The van der Waals surface area contributed by atoms with E-state index in [0.717, 1.165) is 17.7 Å². The maximum absolute atomic E-state index is 12.4. The minimum atomic E-state index is -1.13. The predicted molar refractivity (Wildman–Crippen MR) is 153 cm³/mol. The van der Waals surface area contributed by atoms with Crippen LogP contribution in [0.4, 0.5) is 5.69 Å². The van der Waals surface area contributed by atoms with Crippen LogP contribution in [0.3, 0.4) is 0 Å². The summed E-state index contributed by atoms with van der Waals surface area (Å²) in [4.78, 5) is 21.1. The van der Waals surface area contributed by atoms with Crippen LogP contribution < -0.4 is 10.2 Å². The standard InChI is InChI=1S/C29H34Cl2N4O4/c1-29(39,22-5-8-24(18-37)33-16-22)19-34-11-12-35(25(17-34)14-20-2-6-23(30)7-3-20)27-9-4-21(15-26(27)31)28(38)32-10-13-36/h2-9,15-16,25,36-37,39H,10-14,17-19H2,1H3,(H,32,38)/t25?,29-/m1/s1. The van der Waals surface area contributed by atoms with E-state index in [1.165, 1.54) is 0 Å². The van der Waals surface area contributed by atoms with E-state index in [0.29, 0.717) is 53.0 Å². The average molecular weight is 574 g/mol. The fourth-order valence-corrected chi connectivity index (χ4v) is 5.38. The minimum absolute atomic E-state index is 0.0391. The molecule has 0 bridgehead atoms. The number of benzene rings is 2. The first kappa shape index (κ1) is 29.3. The van der Waals surface area contributed by atoms with E-state index in [1.54, 1.807) is 37.4 Å². The highest BCUT2D eigenvalue weighted by Gasteiger charge is 2.33. The number of hydrogen-bond donors (Lipinski definition) is 4. The van der Waals surface area contributed by atoms with Crippen molar-refractivity contribution in [1.82, 2.24) is 15.2 Å². The number of aliphatic hydroxyl groups excluding tert-OH is 2. The largest absolute Gasteiger partial charge is 0.395 e. The van der Waals surface area contributed by atoms with Crippen molar-refractivity contribution in [3.8, 4) is 0 Å². The highest BCUT2D eigenvalue weighted by Crippen LogP contribution is 2.32. The fraction of sp³-hybridized carbons (Fsp3) is 0.379. The van der Waals surface area contributed by atoms with Crippen LogP contribution in [-0.4, -0.2) is 76.5 Å². The Labute approximate surface area is 238 Å². The van der Waals surface area contributed by atoms with E-state index in [4.69, 9.17) is 28.3 Å². The molecular weight excluding hydrogens is 539 g/mol. The lowest BCUT2D eigenvalue weighted by Gasteiger charge is -2.45. The maximum Gasteiger partial charge on any atom is 0.251 e. The second-order valence-corrected chi connectivity index (χ2v) is 10.9. The van der Waals surface area contributed by atoms with Gasteiger partial charge in [-0.3, -0.25) is 14.7 Å². The summed E-state index contributed by atoms with van der Waals surface area (Å²) in [5, 5.41) is 33.4. The molecule has 2 atom stereocenters. The molecule has 0 aliphatic carbocycles. The quantitative estimate of drug-likeness (QED) is 0.295. The van der Waals surface area contributed by atoms with E-state index < -0.39 is 5.60 Å². The molecule has 1 amide bonds. The molecule has 3 aromatic rings. The highest BCUT2D eigenvalue weighted by atomic mass is 35.5. The van der Waals surface area contributed by atoms with Crippen molar-refractivity contribution in [2.24, 2.45) is 0 Å². The number of anilines is 1. The van der Waals surface area contributed by atoms with Gasteiger partial charge in [0.05, 0.1) is 29.6 Å². The van der Waals surface area contributed by atoms with E-state index >= 15 is 0 Å². The number of nitrogens with zero attached hydrogens (tertiary/aromatic N) is 3. The van der Waals surface area contributed by atoms with E-state index in [2.05, 4.69) is 20.1 Å². The number of carbonyl (C=O) groups is 1. The Morgan fingerprint density at radius 1 is 1.10 bits per heavy atom. The number of pyridine rings is 1. The molecule has 4 rings (SSSR count). The smallest absolute Gasteiger partial charge is 0.251 e. The molecule has 1 unspecified atom stereocenters. The number of β-amino-alcohol motifs (C(OH)–C–C–N with tert-alkyl or cyclic N) is 1. The molecule has 8 nitrogen and oxygen atoms in total. The van der Waals surface area contributed by atoms with Crippen molar-refractivity contribution in [2.75, 3.05) is 44.2 Å². The number of aromatic nitrogens is 1. The molecule has 10 heteroatoms. The molecule has 208 valence electrons. The number of hydrogen-bond acceptors (Lipinski definition) is 7. The van der Waals surface area contributed by atoms with Crippen molar-refractivity contribution >= 4 is 34.8 Å². The van der Waals surface area contributed by atoms with Gasteiger partial charge in [-0.2, -0.15) is 0 Å². The Kier molecular flexibility index (Phi) is 9.82. The van der Waals surface area contributed by atoms with Gasteiger partial charge in [-0.1, -0.05) is 41.4 Å². The van der Waals surface area contributed by atoms with Crippen molar-refractivity contribution in [2.45, 2.75) is 31.6 Å². The number of piperazine rings is 1. The van der Waals surface area contributed by atoms with E-state index in [-0.39, 0.29) is 31.7 Å². The van der Waals surface area contributed by atoms with Gasteiger partial charge in [0.15, 0.2) is 0 Å². The van der Waals surface area contributed by atoms with Gasteiger partial charge in [0.1, 0.15) is 5.60 Å². The zero-order chi connectivity index (χ0) is 28.0. The summed E-state index contributed by atoms with van der Waals surface area (Å²) < 4.78 is 0. The molecule has 0 spiro atoms. The van der Waals surface area contributed by atoms with Crippen LogP contribution in [0, 0.1) is 0 Å². The van der Waals surface area contributed by atoms with Gasteiger partial charge >= 0.3 is 0 Å². The lowest BCUT2D eigenvalue weighted by Crippen LogP contribution is -2.56. The third-order valence-electron chi connectivity index (χ3n) is 7.01. The number of rotatable bonds is 10. The third kappa shape index (κ3) is 7.48. The molecule has 39 heavy (non-hydrogen) atoms. The van der Waals surface area contributed by atoms with Gasteiger partial charge in [0.2, 0.25) is 0 Å². The monoisotopic (exact) mass is 572 g/mol. The summed E-state index contributed by atoms with van der Waals surface area (Å²) >= 11 is 12.8. The van der Waals surface area contributed by atoms with E-state index in [1.807, 2.05) is 30.3 Å². The van der Waals surface area contributed by atoms with Gasteiger partial charge < -0.3 is 25.5 Å².